The number of anilines is 1. The number of amides is 1. The topological polar surface area (TPSA) is 33.2 Å². The lowest BCUT2D eigenvalue weighted by Gasteiger charge is -2.20. The molecule has 1 heterocycles. The van der Waals surface area contributed by atoms with E-state index in [9.17, 15) is 4.79 Å². The van der Waals surface area contributed by atoms with Crippen LogP contribution in [0.1, 0.15) is 21.6 Å². The molecule has 0 spiro atoms. The first-order chi connectivity index (χ1) is 10.6. The molecule has 2 aromatic carbocycles. The van der Waals surface area contributed by atoms with Crippen molar-refractivity contribution in [3.05, 3.63) is 71.4 Å². The average Bonchev–Trinajstić information content (AvgIpc) is 2.55. The molecule has 3 nitrogen and oxygen atoms in total. The summed E-state index contributed by atoms with van der Waals surface area (Å²) in [6.45, 7) is 4.08. The number of aryl methyl sites for hydroxylation is 1. The smallest absolute Gasteiger partial charge is 0.276 e. The summed E-state index contributed by atoms with van der Waals surface area (Å²) in [7, 11) is 1.79. The molecule has 0 aliphatic heterocycles. The molecule has 3 heteroatoms. The highest BCUT2D eigenvalue weighted by molar-refractivity contribution is 6.05. The van der Waals surface area contributed by atoms with Crippen molar-refractivity contribution in [3.63, 3.8) is 0 Å². The van der Waals surface area contributed by atoms with Gasteiger partial charge in [0.05, 0.1) is 5.52 Å². The van der Waals surface area contributed by atoms with Crippen LogP contribution in [0.4, 0.5) is 5.69 Å². The molecule has 0 fully saturated rings. The first kappa shape index (κ1) is 14.3. The van der Waals surface area contributed by atoms with Gasteiger partial charge in [0, 0.05) is 18.1 Å². The quantitative estimate of drug-likeness (QED) is 0.711. The molecular formula is C19H18N2O. The van der Waals surface area contributed by atoms with E-state index in [4.69, 9.17) is 0 Å². The van der Waals surface area contributed by atoms with Crippen molar-refractivity contribution < 1.29 is 4.79 Å². The van der Waals surface area contributed by atoms with Crippen LogP contribution >= 0.6 is 0 Å². The van der Waals surface area contributed by atoms with Crippen LogP contribution in [-0.2, 0) is 0 Å². The van der Waals surface area contributed by atoms with Crippen LogP contribution in [0.25, 0.3) is 10.9 Å². The van der Waals surface area contributed by atoms with E-state index in [1.165, 1.54) is 5.56 Å². The maximum Gasteiger partial charge on any atom is 0.276 e. The molecule has 0 aliphatic rings. The summed E-state index contributed by atoms with van der Waals surface area (Å²) < 4.78 is 0. The maximum atomic E-state index is 12.7. The van der Waals surface area contributed by atoms with Gasteiger partial charge in [0.1, 0.15) is 5.69 Å². The summed E-state index contributed by atoms with van der Waals surface area (Å²) in [5.41, 5.74) is 4.49. The van der Waals surface area contributed by atoms with E-state index in [0.29, 0.717) is 5.69 Å². The highest BCUT2D eigenvalue weighted by Gasteiger charge is 2.17. The van der Waals surface area contributed by atoms with Crippen molar-refractivity contribution in [3.8, 4) is 0 Å². The van der Waals surface area contributed by atoms with E-state index in [0.717, 1.165) is 22.2 Å². The normalized spacial score (nSPS) is 10.7. The van der Waals surface area contributed by atoms with Crippen LogP contribution in [0, 0.1) is 13.8 Å². The summed E-state index contributed by atoms with van der Waals surface area (Å²) in [5.74, 6) is -0.0977. The van der Waals surface area contributed by atoms with Crippen molar-refractivity contribution in [2.45, 2.75) is 13.8 Å². The molecule has 110 valence electrons. The van der Waals surface area contributed by atoms with E-state index in [2.05, 4.69) is 4.98 Å². The molecule has 0 N–H and O–H groups in total. The van der Waals surface area contributed by atoms with Crippen LogP contribution in [0.3, 0.4) is 0 Å². The van der Waals surface area contributed by atoms with Gasteiger partial charge in [-0.1, -0.05) is 36.4 Å². The highest BCUT2D eigenvalue weighted by atomic mass is 16.2. The zero-order chi connectivity index (χ0) is 15.7. The Morgan fingerprint density at radius 1 is 0.955 bits per heavy atom. The average molecular weight is 290 g/mol. The van der Waals surface area contributed by atoms with Crippen molar-refractivity contribution in [2.75, 3.05) is 11.9 Å². The van der Waals surface area contributed by atoms with Crippen molar-refractivity contribution in [2.24, 2.45) is 0 Å². The maximum absolute atomic E-state index is 12.7. The Bertz CT molecular complexity index is 855. The predicted molar refractivity (Wildman–Crippen MR) is 90.4 cm³/mol. The lowest BCUT2D eigenvalue weighted by molar-refractivity contribution is 0.0988. The third-order valence-electron chi connectivity index (χ3n) is 4.06. The predicted octanol–water partition coefficient (Wildman–Crippen LogP) is 4.13. The van der Waals surface area contributed by atoms with Crippen molar-refractivity contribution in [1.82, 2.24) is 4.98 Å². The third-order valence-corrected chi connectivity index (χ3v) is 4.06. The van der Waals surface area contributed by atoms with E-state index < -0.39 is 0 Å². The lowest BCUT2D eigenvalue weighted by atomic mass is 10.1. The number of para-hydroxylation sites is 1. The SMILES string of the molecule is Cc1cccc(N(C)C(=O)c2ccc3ccccc3n2)c1C. The van der Waals surface area contributed by atoms with E-state index >= 15 is 0 Å². The van der Waals surface area contributed by atoms with Gasteiger partial charge in [0.25, 0.3) is 5.91 Å². The largest absolute Gasteiger partial charge is 0.310 e. The van der Waals surface area contributed by atoms with Crippen molar-refractivity contribution in [1.29, 1.82) is 0 Å². The molecular weight excluding hydrogens is 272 g/mol. The second-order valence-electron chi connectivity index (χ2n) is 5.47. The minimum Gasteiger partial charge on any atom is -0.310 e. The number of hydrogen-bond acceptors (Lipinski definition) is 2. The number of benzene rings is 2. The lowest BCUT2D eigenvalue weighted by Crippen LogP contribution is -2.27. The Hall–Kier alpha value is -2.68. The highest BCUT2D eigenvalue weighted by Crippen LogP contribution is 2.23. The van der Waals surface area contributed by atoms with Gasteiger partial charge in [-0.05, 0) is 43.2 Å². The molecule has 0 saturated heterocycles. The van der Waals surface area contributed by atoms with Gasteiger partial charge in [-0.25, -0.2) is 4.98 Å². The number of aromatic nitrogens is 1. The molecule has 3 aromatic rings. The number of pyridine rings is 1. The number of carbonyl (C=O) groups excluding carboxylic acids is 1. The number of fused-ring (bicyclic) bond motifs is 1. The zero-order valence-electron chi connectivity index (χ0n) is 13.0. The standard InChI is InChI=1S/C19H18N2O/c1-13-7-6-10-18(14(13)2)21(3)19(22)17-12-11-15-8-4-5-9-16(15)20-17/h4-12H,1-3H3. The Balaban J connectivity index is 1.99. The van der Waals surface area contributed by atoms with Gasteiger partial charge < -0.3 is 4.90 Å². The van der Waals surface area contributed by atoms with Crippen LogP contribution in [0.2, 0.25) is 0 Å². The zero-order valence-corrected chi connectivity index (χ0v) is 13.0. The van der Waals surface area contributed by atoms with E-state index in [-0.39, 0.29) is 5.91 Å². The second kappa shape index (κ2) is 5.60. The van der Waals surface area contributed by atoms with Crippen molar-refractivity contribution >= 4 is 22.5 Å². The molecule has 0 bridgehead atoms. The first-order valence-corrected chi connectivity index (χ1v) is 7.28. The Morgan fingerprint density at radius 3 is 2.55 bits per heavy atom. The molecule has 1 amide bonds. The van der Waals surface area contributed by atoms with Gasteiger partial charge in [0.15, 0.2) is 0 Å². The van der Waals surface area contributed by atoms with Gasteiger partial charge in [-0.2, -0.15) is 0 Å². The van der Waals surface area contributed by atoms with E-state index in [1.54, 1.807) is 18.0 Å². The van der Waals surface area contributed by atoms with Crippen LogP contribution in [0.15, 0.2) is 54.6 Å². The minimum absolute atomic E-state index is 0.0977. The molecule has 0 radical (unpaired) electrons. The Kier molecular flexibility index (Phi) is 3.63. The summed E-state index contributed by atoms with van der Waals surface area (Å²) in [4.78, 5) is 18.9. The van der Waals surface area contributed by atoms with E-state index in [1.807, 2.05) is 62.4 Å². The first-order valence-electron chi connectivity index (χ1n) is 7.28. The summed E-state index contributed by atoms with van der Waals surface area (Å²) in [5, 5.41) is 1.04. The molecule has 0 aliphatic carbocycles. The fraction of sp³-hybridized carbons (Fsp3) is 0.158. The number of rotatable bonds is 2. The molecule has 3 rings (SSSR count). The Morgan fingerprint density at radius 2 is 1.73 bits per heavy atom. The second-order valence-corrected chi connectivity index (χ2v) is 5.47. The fourth-order valence-electron chi connectivity index (χ4n) is 2.57. The number of nitrogens with zero attached hydrogens (tertiary/aromatic N) is 2. The molecule has 0 atom stereocenters. The van der Waals surface area contributed by atoms with Gasteiger partial charge in [0.2, 0.25) is 0 Å². The fourth-order valence-corrected chi connectivity index (χ4v) is 2.57. The van der Waals surface area contributed by atoms with Gasteiger partial charge >= 0.3 is 0 Å². The van der Waals surface area contributed by atoms with Crippen LogP contribution < -0.4 is 4.90 Å². The minimum atomic E-state index is -0.0977. The molecule has 0 saturated carbocycles. The van der Waals surface area contributed by atoms with Crippen LogP contribution in [-0.4, -0.2) is 17.9 Å². The van der Waals surface area contributed by atoms with Crippen LogP contribution in [0.5, 0.6) is 0 Å². The molecule has 22 heavy (non-hydrogen) atoms. The third kappa shape index (κ3) is 2.46. The summed E-state index contributed by atoms with van der Waals surface area (Å²) in [6, 6.07) is 17.5. The van der Waals surface area contributed by atoms with Gasteiger partial charge in [-0.15, -0.1) is 0 Å². The molecule has 0 unspecified atom stereocenters. The summed E-state index contributed by atoms with van der Waals surface area (Å²) >= 11 is 0. The number of hydrogen-bond donors (Lipinski definition) is 0. The Labute approximate surface area is 130 Å². The summed E-state index contributed by atoms with van der Waals surface area (Å²) in [6.07, 6.45) is 0. The molecule has 1 aromatic heterocycles. The monoisotopic (exact) mass is 290 g/mol. The number of carbonyl (C=O) groups is 1. The van der Waals surface area contributed by atoms with Gasteiger partial charge in [-0.3, -0.25) is 4.79 Å².